The van der Waals surface area contributed by atoms with E-state index in [9.17, 15) is 4.79 Å². The minimum atomic E-state index is -0.108. The topological polar surface area (TPSA) is 50.4 Å². The zero-order chi connectivity index (χ0) is 13.9. The molecule has 1 amide bonds. The van der Waals surface area contributed by atoms with Crippen molar-refractivity contribution in [2.24, 2.45) is 0 Å². The van der Waals surface area contributed by atoms with E-state index in [1.807, 2.05) is 12.1 Å². The van der Waals surface area contributed by atoms with Gasteiger partial charge in [0.1, 0.15) is 0 Å². The number of amides is 1. The van der Waals surface area contributed by atoms with Gasteiger partial charge in [0.05, 0.1) is 12.1 Å². The molecule has 0 aliphatic carbocycles. The molecule has 0 aromatic heterocycles. The van der Waals surface area contributed by atoms with Crippen molar-refractivity contribution in [2.75, 3.05) is 6.61 Å². The summed E-state index contributed by atoms with van der Waals surface area (Å²) < 4.78 is 5.51. The fourth-order valence-electron chi connectivity index (χ4n) is 3.07. The third kappa shape index (κ3) is 3.02. The molecule has 108 valence electrons. The van der Waals surface area contributed by atoms with Gasteiger partial charge >= 0.3 is 0 Å². The normalized spacial score (nSPS) is 29.6. The van der Waals surface area contributed by atoms with Crippen LogP contribution in [0, 0.1) is 0 Å². The summed E-state index contributed by atoms with van der Waals surface area (Å²) in [5, 5.41) is 6.50. The smallest absolute Gasteiger partial charge is 0.237 e. The molecule has 0 saturated carbocycles. The SMILES string of the molecule is CC1CC(NC(=O)C2Cc3ccccc3CN2)CCO1. The quantitative estimate of drug-likeness (QED) is 0.857. The van der Waals surface area contributed by atoms with Gasteiger partial charge < -0.3 is 15.4 Å². The number of nitrogens with one attached hydrogen (secondary N) is 2. The van der Waals surface area contributed by atoms with Gasteiger partial charge in [-0.1, -0.05) is 24.3 Å². The van der Waals surface area contributed by atoms with Gasteiger partial charge in [0.2, 0.25) is 5.91 Å². The lowest BCUT2D eigenvalue weighted by molar-refractivity contribution is -0.125. The number of carbonyl (C=O) groups is 1. The molecule has 3 unspecified atom stereocenters. The molecule has 2 N–H and O–H groups in total. The summed E-state index contributed by atoms with van der Waals surface area (Å²) in [6, 6.07) is 8.47. The van der Waals surface area contributed by atoms with E-state index in [0.29, 0.717) is 0 Å². The second kappa shape index (κ2) is 5.94. The van der Waals surface area contributed by atoms with Gasteiger partial charge in [0, 0.05) is 19.2 Å². The number of hydrogen-bond acceptors (Lipinski definition) is 3. The minimum absolute atomic E-state index is 0.108. The van der Waals surface area contributed by atoms with Crippen LogP contribution in [0.25, 0.3) is 0 Å². The largest absolute Gasteiger partial charge is 0.378 e. The van der Waals surface area contributed by atoms with E-state index in [-0.39, 0.29) is 24.1 Å². The van der Waals surface area contributed by atoms with Crippen LogP contribution >= 0.6 is 0 Å². The summed E-state index contributed by atoms with van der Waals surface area (Å²) in [7, 11) is 0. The Bertz CT molecular complexity index is 489. The van der Waals surface area contributed by atoms with E-state index >= 15 is 0 Å². The predicted octanol–water partition coefficient (Wildman–Crippen LogP) is 1.38. The van der Waals surface area contributed by atoms with Crippen LogP contribution in [0.5, 0.6) is 0 Å². The van der Waals surface area contributed by atoms with Crippen LogP contribution in [0.3, 0.4) is 0 Å². The molecule has 2 aliphatic heterocycles. The van der Waals surface area contributed by atoms with Gasteiger partial charge in [-0.15, -0.1) is 0 Å². The highest BCUT2D eigenvalue weighted by molar-refractivity contribution is 5.82. The van der Waals surface area contributed by atoms with Gasteiger partial charge in [-0.2, -0.15) is 0 Å². The number of carbonyl (C=O) groups excluding carboxylic acids is 1. The molecule has 4 heteroatoms. The molecule has 3 atom stereocenters. The molecule has 2 aliphatic rings. The average Bonchev–Trinajstić information content (AvgIpc) is 2.47. The second-order valence-electron chi connectivity index (χ2n) is 5.82. The van der Waals surface area contributed by atoms with Gasteiger partial charge in [-0.3, -0.25) is 4.79 Å². The zero-order valence-electron chi connectivity index (χ0n) is 11.9. The maximum atomic E-state index is 12.4. The Labute approximate surface area is 119 Å². The zero-order valence-corrected chi connectivity index (χ0v) is 11.9. The first-order valence-electron chi connectivity index (χ1n) is 7.44. The van der Waals surface area contributed by atoms with E-state index in [4.69, 9.17) is 4.74 Å². The van der Waals surface area contributed by atoms with Crippen molar-refractivity contribution >= 4 is 5.91 Å². The molecule has 1 aromatic carbocycles. The van der Waals surface area contributed by atoms with Crippen molar-refractivity contribution in [3.05, 3.63) is 35.4 Å². The average molecular weight is 274 g/mol. The molecular formula is C16H22N2O2. The molecule has 0 bridgehead atoms. The summed E-state index contributed by atoms with van der Waals surface area (Å²) >= 11 is 0. The van der Waals surface area contributed by atoms with Crippen molar-refractivity contribution in [1.82, 2.24) is 10.6 Å². The fourth-order valence-corrected chi connectivity index (χ4v) is 3.07. The van der Waals surface area contributed by atoms with E-state index in [1.54, 1.807) is 0 Å². The van der Waals surface area contributed by atoms with Gasteiger partial charge in [-0.05, 0) is 37.3 Å². The van der Waals surface area contributed by atoms with E-state index in [2.05, 4.69) is 29.7 Å². The standard InChI is InChI=1S/C16H22N2O2/c1-11-8-14(6-7-20-11)18-16(19)15-9-12-4-2-3-5-13(12)10-17-15/h2-5,11,14-15,17H,6-10H2,1H3,(H,18,19). The predicted molar refractivity (Wildman–Crippen MR) is 77.4 cm³/mol. The lowest BCUT2D eigenvalue weighted by Crippen LogP contribution is -2.52. The van der Waals surface area contributed by atoms with Crippen LogP contribution in [0.2, 0.25) is 0 Å². The third-order valence-electron chi connectivity index (χ3n) is 4.23. The summed E-state index contributed by atoms with van der Waals surface area (Å²) in [6.45, 7) is 3.58. The number of rotatable bonds is 2. The van der Waals surface area contributed by atoms with Crippen LogP contribution in [-0.2, 0) is 22.5 Å². The number of ether oxygens (including phenoxy) is 1. The minimum Gasteiger partial charge on any atom is -0.378 e. The lowest BCUT2D eigenvalue weighted by atomic mass is 9.95. The summed E-state index contributed by atoms with van der Waals surface area (Å²) in [6.07, 6.45) is 2.85. The molecule has 0 spiro atoms. The first kappa shape index (κ1) is 13.6. The highest BCUT2D eigenvalue weighted by Crippen LogP contribution is 2.17. The first-order chi connectivity index (χ1) is 9.72. The van der Waals surface area contributed by atoms with Crippen molar-refractivity contribution in [2.45, 2.75) is 50.9 Å². The van der Waals surface area contributed by atoms with Crippen LogP contribution in [0.1, 0.15) is 30.9 Å². The highest BCUT2D eigenvalue weighted by Gasteiger charge is 2.27. The van der Waals surface area contributed by atoms with Crippen LogP contribution in [-0.4, -0.2) is 30.7 Å². The summed E-state index contributed by atoms with van der Waals surface area (Å²) in [4.78, 5) is 12.4. The first-order valence-corrected chi connectivity index (χ1v) is 7.44. The van der Waals surface area contributed by atoms with Gasteiger partial charge in [0.25, 0.3) is 0 Å². The molecule has 2 heterocycles. The monoisotopic (exact) mass is 274 g/mol. The molecule has 1 aromatic rings. The maximum absolute atomic E-state index is 12.4. The van der Waals surface area contributed by atoms with Gasteiger partial charge in [0.15, 0.2) is 0 Å². The van der Waals surface area contributed by atoms with Crippen molar-refractivity contribution < 1.29 is 9.53 Å². The molecule has 0 radical (unpaired) electrons. The molecule has 3 rings (SSSR count). The molecular weight excluding hydrogens is 252 g/mol. The molecule has 20 heavy (non-hydrogen) atoms. The summed E-state index contributed by atoms with van der Waals surface area (Å²) in [5.74, 6) is 0.124. The Morgan fingerprint density at radius 3 is 2.95 bits per heavy atom. The fraction of sp³-hybridized carbons (Fsp3) is 0.562. The Hall–Kier alpha value is -1.39. The van der Waals surface area contributed by atoms with Crippen molar-refractivity contribution in [3.63, 3.8) is 0 Å². The second-order valence-corrected chi connectivity index (χ2v) is 5.82. The Morgan fingerprint density at radius 2 is 2.15 bits per heavy atom. The van der Waals surface area contributed by atoms with E-state index in [0.717, 1.165) is 32.4 Å². The van der Waals surface area contributed by atoms with Crippen molar-refractivity contribution in [1.29, 1.82) is 0 Å². The number of hydrogen-bond donors (Lipinski definition) is 2. The Morgan fingerprint density at radius 1 is 1.35 bits per heavy atom. The van der Waals surface area contributed by atoms with Crippen LogP contribution < -0.4 is 10.6 Å². The van der Waals surface area contributed by atoms with Crippen LogP contribution in [0.15, 0.2) is 24.3 Å². The Kier molecular flexibility index (Phi) is 4.03. The maximum Gasteiger partial charge on any atom is 0.237 e. The highest BCUT2D eigenvalue weighted by atomic mass is 16.5. The number of fused-ring (bicyclic) bond motifs is 1. The third-order valence-corrected chi connectivity index (χ3v) is 4.23. The van der Waals surface area contributed by atoms with Crippen LogP contribution in [0.4, 0.5) is 0 Å². The Balaban J connectivity index is 1.59. The number of benzene rings is 1. The van der Waals surface area contributed by atoms with Gasteiger partial charge in [-0.25, -0.2) is 0 Å². The molecule has 1 saturated heterocycles. The van der Waals surface area contributed by atoms with E-state index < -0.39 is 0 Å². The van der Waals surface area contributed by atoms with E-state index in [1.165, 1.54) is 11.1 Å². The van der Waals surface area contributed by atoms with Crippen molar-refractivity contribution in [3.8, 4) is 0 Å². The molecule has 1 fully saturated rings. The molecule has 4 nitrogen and oxygen atoms in total. The summed E-state index contributed by atoms with van der Waals surface area (Å²) in [5.41, 5.74) is 2.59. The lowest BCUT2D eigenvalue weighted by Gasteiger charge is -2.31.